The van der Waals surface area contributed by atoms with Crippen molar-refractivity contribution in [3.8, 4) is 0 Å². The molecule has 1 aliphatic carbocycles. The number of hydrogen-bond donors (Lipinski definition) is 2. The van der Waals surface area contributed by atoms with Crippen LogP contribution in [0.1, 0.15) is 43.2 Å². The summed E-state index contributed by atoms with van der Waals surface area (Å²) in [5, 5.41) is 6.86. The smallest absolute Gasteiger partial charge is 0.225 e. The molecule has 1 heterocycles. The lowest BCUT2D eigenvalue weighted by atomic mass is 10.1. The lowest BCUT2D eigenvalue weighted by Gasteiger charge is -2.21. The van der Waals surface area contributed by atoms with Gasteiger partial charge in [-0.25, -0.2) is 0 Å². The first-order valence-electron chi connectivity index (χ1n) is 9.48. The van der Waals surface area contributed by atoms with Crippen molar-refractivity contribution >= 4 is 11.9 Å². The zero-order chi connectivity index (χ0) is 17.6. The molecule has 1 unspecified atom stereocenters. The quantitative estimate of drug-likeness (QED) is 0.653. The van der Waals surface area contributed by atoms with E-state index >= 15 is 0 Å². The fourth-order valence-electron chi connectivity index (χ4n) is 3.88. The molecule has 0 aromatic heterocycles. The molecule has 1 aromatic rings. The number of carbonyl (C=O) groups is 1. The van der Waals surface area contributed by atoms with Gasteiger partial charge in [0.25, 0.3) is 0 Å². The molecule has 25 heavy (non-hydrogen) atoms. The predicted octanol–water partition coefficient (Wildman–Crippen LogP) is 2.45. The zero-order valence-electron chi connectivity index (χ0n) is 15.4. The van der Waals surface area contributed by atoms with E-state index < -0.39 is 0 Å². The number of guanidine groups is 1. The number of hydrogen-bond acceptors (Lipinski definition) is 2. The maximum Gasteiger partial charge on any atom is 0.225 e. The molecule has 5 nitrogen and oxygen atoms in total. The Morgan fingerprint density at radius 1 is 1.24 bits per heavy atom. The van der Waals surface area contributed by atoms with Gasteiger partial charge in [0.1, 0.15) is 0 Å². The van der Waals surface area contributed by atoms with Gasteiger partial charge in [0.05, 0.1) is 0 Å². The maximum absolute atomic E-state index is 12.5. The Labute approximate surface area is 150 Å². The summed E-state index contributed by atoms with van der Waals surface area (Å²) in [6, 6.07) is 8.65. The maximum atomic E-state index is 12.5. The highest BCUT2D eigenvalue weighted by atomic mass is 16.2. The summed E-state index contributed by atoms with van der Waals surface area (Å²) < 4.78 is 0. The Morgan fingerprint density at radius 3 is 2.72 bits per heavy atom. The van der Waals surface area contributed by atoms with Crippen molar-refractivity contribution in [3.63, 3.8) is 0 Å². The topological polar surface area (TPSA) is 56.7 Å². The fraction of sp³-hybridized carbons (Fsp3) is 0.600. The van der Waals surface area contributed by atoms with Crippen LogP contribution in [0.5, 0.6) is 0 Å². The minimum atomic E-state index is 0.275. The monoisotopic (exact) mass is 342 g/mol. The van der Waals surface area contributed by atoms with E-state index in [1.807, 2.05) is 4.90 Å². The second-order valence-corrected chi connectivity index (χ2v) is 7.25. The Morgan fingerprint density at radius 2 is 2.00 bits per heavy atom. The minimum absolute atomic E-state index is 0.275. The van der Waals surface area contributed by atoms with Crippen LogP contribution in [0.25, 0.3) is 0 Å². The van der Waals surface area contributed by atoms with Crippen molar-refractivity contribution in [1.82, 2.24) is 15.5 Å². The van der Waals surface area contributed by atoms with Crippen LogP contribution in [0.2, 0.25) is 0 Å². The number of benzene rings is 1. The molecule has 0 radical (unpaired) electrons. The van der Waals surface area contributed by atoms with Crippen LogP contribution in [-0.2, 0) is 11.3 Å². The van der Waals surface area contributed by atoms with Crippen LogP contribution >= 0.6 is 0 Å². The van der Waals surface area contributed by atoms with Gasteiger partial charge in [-0.05, 0) is 37.3 Å². The largest absolute Gasteiger partial charge is 0.352 e. The zero-order valence-corrected chi connectivity index (χ0v) is 15.4. The van der Waals surface area contributed by atoms with Crippen molar-refractivity contribution in [2.24, 2.45) is 10.9 Å². The number of amides is 1. The average Bonchev–Trinajstić information content (AvgIpc) is 3.31. The Bertz CT molecular complexity index is 622. The molecule has 5 heteroatoms. The van der Waals surface area contributed by atoms with E-state index in [1.165, 1.54) is 24.0 Å². The molecule has 1 aliphatic heterocycles. The summed E-state index contributed by atoms with van der Waals surface area (Å²) in [5.74, 6) is 1.45. The van der Waals surface area contributed by atoms with Crippen LogP contribution in [0, 0.1) is 12.8 Å². The van der Waals surface area contributed by atoms with E-state index in [-0.39, 0.29) is 12.0 Å². The molecule has 1 atom stereocenters. The summed E-state index contributed by atoms with van der Waals surface area (Å²) in [4.78, 5) is 18.9. The van der Waals surface area contributed by atoms with Gasteiger partial charge in [0.15, 0.2) is 5.96 Å². The van der Waals surface area contributed by atoms with Gasteiger partial charge in [0, 0.05) is 38.6 Å². The first-order chi connectivity index (χ1) is 12.2. The van der Waals surface area contributed by atoms with E-state index in [1.54, 1.807) is 7.05 Å². The lowest BCUT2D eigenvalue weighted by molar-refractivity contribution is -0.134. The third-order valence-electron chi connectivity index (χ3n) is 5.48. The standard InChI is InChI=1S/C20H30N4O/c1-15-7-3-4-10-17(15)13-22-20(21-2)23-18-11-12-24(14-18)19(25)16-8-5-6-9-16/h3-4,7,10,16,18H,5-6,8-9,11-14H2,1-2H3,(H2,21,22,23). The number of likely N-dealkylation sites (tertiary alicyclic amines) is 1. The van der Waals surface area contributed by atoms with E-state index in [0.29, 0.717) is 5.91 Å². The lowest BCUT2D eigenvalue weighted by Crippen LogP contribution is -2.45. The van der Waals surface area contributed by atoms with Gasteiger partial charge in [-0.3, -0.25) is 9.79 Å². The molecular weight excluding hydrogens is 312 g/mol. The van der Waals surface area contributed by atoms with Crippen LogP contribution in [0.4, 0.5) is 0 Å². The molecule has 0 spiro atoms. The Hall–Kier alpha value is -2.04. The molecule has 2 N–H and O–H groups in total. The molecule has 1 amide bonds. The molecule has 1 saturated carbocycles. The molecule has 2 aliphatic rings. The van der Waals surface area contributed by atoms with Gasteiger partial charge in [0.2, 0.25) is 5.91 Å². The normalized spacial score (nSPS) is 21.6. The first-order valence-corrected chi connectivity index (χ1v) is 9.48. The average molecular weight is 342 g/mol. The van der Waals surface area contributed by atoms with Crippen LogP contribution < -0.4 is 10.6 Å². The summed E-state index contributed by atoms with van der Waals surface area (Å²) in [6.07, 6.45) is 5.56. The summed E-state index contributed by atoms with van der Waals surface area (Å²) in [5.41, 5.74) is 2.55. The van der Waals surface area contributed by atoms with Crippen LogP contribution in [-0.4, -0.2) is 42.9 Å². The molecule has 136 valence electrons. The predicted molar refractivity (Wildman–Crippen MR) is 101 cm³/mol. The van der Waals surface area contributed by atoms with Gasteiger partial charge >= 0.3 is 0 Å². The number of rotatable bonds is 4. The van der Waals surface area contributed by atoms with Crippen LogP contribution in [0.15, 0.2) is 29.3 Å². The summed E-state index contributed by atoms with van der Waals surface area (Å²) in [6.45, 7) is 4.53. The van der Waals surface area contributed by atoms with Crippen LogP contribution in [0.3, 0.4) is 0 Å². The van der Waals surface area contributed by atoms with Crippen molar-refractivity contribution in [3.05, 3.63) is 35.4 Å². The number of nitrogens with zero attached hydrogens (tertiary/aromatic N) is 2. The third kappa shape index (κ3) is 4.53. The number of carbonyl (C=O) groups excluding carboxylic acids is 1. The van der Waals surface area contributed by atoms with Gasteiger partial charge in [-0.15, -0.1) is 0 Å². The number of aliphatic imine (C=N–C) groups is 1. The van der Waals surface area contributed by atoms with E-state index in [4.69, 9.17) is 0 Å². The molecule has 0 bridgehead atoms. The van der Waals surface area contributed by atoms with Crippen molar-refractivity contribution in [1.29, 1.82) is 0 Å². The third-order valence-corrected chi connectivity index (χ3v) is 5.48. The highest BCUT2D eigenvalue weighted by Gasteiger charge is 2.32. The Kier molecular flexibility index (Phi) is 5.95. The molecule has 3 rings (SSSR count). The van der Waals surface area contributed by atoms with E-state index in [2.05, 4.69) is 46.8 Å². The Balaban J connectivity index is 1.48. The van der Waals surface area contributed by atoms with Crippen molar-refractivity contribution in [2.75, 3.05) is 20.1 Å². The second-order valence-electron chi connectivity index (χ2n) is 7.25. The van der Waals surface area contributed by atoms with Gasteiger partial charge in [-0.2, -0.15) is 0 Å². The van der Waals surface area contributed by atoms with Crippen molar-refractivity contribution < 1.29 is 4.79 Å². The van der Waals surface area contributed by atoms with E-state index in [0.717, 1.165) is 44.9 Å². The SMILES string of the molecule is CN=C(NCc1ccccc1C)NC1CCN(C(=O)C2CCCC2)C1. The minimum Gasteiger partial charge on any atom is -0.352 e. The van der Waals surface area contributed by atoms with E-state index in [9.17, 15) is 4.79 Å². The molecular formula is C20H30N4O. The highest BCUT2D eigenvalue weighted by Crippen LogP contribution is 2.27. The summed E-state index contributed by atoms with van der Waals surface area (Å²) >= 11 is 0. The second kappa shape index (κ2) is 8.37. The summed E-state index contributed by atoms with van der Waals surface area (Å²) in [7, 11) is 1.80. The van der Waals surface area contributed by atoms with Gasteiger partial charge in [-0.1, -0.05) is 37.1 Å². The molecule has 1 saturated heterocycles. The first kappa shape index (κ1) is 17.8. The van der Waals surface area contributed by atoms with Crippen molar-refractivity contribution in [2.45, 2.75) is 51.6 Å². The molecule has 1 aromatic carbocycles. The molecule has 2 fully saturated rings. The highest BCUT2D eigenvalue weighted by molar-refractivity contribution is 5.81. The fourth-order valence-corrected chi connectivity index (χ4v) is 3.88. The van der Waals surface area contributed by atoms with Gasteiger partial charge < -0.3 is 15.5 Å². The number of nitrogens with one attached hydrogen (secondary N) is 2. The number of aryl methyl sites for hydroxylation is 1.